The molecule has 0 radical (unpaired) electrons. The number of benzene rings is 3. The van der Waals surface area contributed by atoms with E-state index < -0.39 is 29.3 Å². The molecule has 0 aliphatic rings. The number of carbonyl (C=O) groups is 2. The van der Waals surface area contributed by atoms with Gasteiger partial charge in [0.15, 0.2) is 0 Å². The van der Waals surface area contributed by atoms with Crippen LogP contribution in [0.4, 0.5) is 18.9 Å². The molecule has 1 N–H and O–H groups in total. The molecule has 0 bridgehead atoms. The molecular formula is C31H26F3N5O4. The number of halogens is 3. The normalized spacial score (nSPS) is 12.2. The Hall–Kier alpha value is -5.13. The molecule has 0 aliphatic heterocycles. The lowest BCUT2D eigenvalue weighted by atomic mass is 9.96. The van der Waals surface area contributed by atoms with Gasteiger partial charge in [-0.05, 0) is 38.1 Å². The second-order valence-corrected chi connectivity index (χ2v) is 10.0. The molecule has 0 saturated heterocycles. The maximum Gasteiger partial charge on any atom is 0.416 e. The summed E-state index contributed by atoms with van der Waals surface area (Å²) in [6, 6.07) is 19.0. The van der Waals surface area contributed by atoms with Gasteiger partial charge < -0.3 is 14.4 Å². The van der Waals surface area contributed by atoms with E-state index in [1.807, 2.05) is 62.4 Å². The molecule has 1 amide bonds. The molecule has 2 aromatic heterocycles. The van der Waals surface area contributed by atoms with Crippen molar-refractivity contribution in [1.29, 1.82) is 0 Å². The smallest absolute Gasteiger partial charge is 0.339 e. The summed E-state index contributed by atoms with van der Waals surface area (Å²) in [7, 11) is 0. The molecular weight excluding hydrogens is 563 g/mol. The van der Waals surface area contributed by atoms with Crippen molar-refractivity contribution in [3.8, 4) is 22.8 Å². The summed E-state index contributed by atoms with van der Waals surface area (Å²) in [4.78, 5) is 34.9. The van der Waals surface area contributed by atoms with Crippen molar-refractivity contribution in [1.82, 2.24) is 20.3 Å². The van der Waals surface area contributed by atoms with E-state index in [-0.39, 0.29) is 36.7 Å². The van der Waals surface area contributed by atoms with E-state index in [4.69, 9.17) is 9.05 Å². The lowest BCUT2D eigenvalue weighted by Crippen LogP contribution is -2.19. The Kier molecular flexibility index (Phi) is 8.46. The first kappa shape index (κ1) is 29.4. The Labute approximate surface area is 244 Å². The Morgan fingerprint density at radius 3 is 1.91 bits per heavy atom. The molecule has 12 heteroatoms. The van der Waals surface area contributed by atoms with Gasteiger partial charge in [0.1, 0.15) is 11.7 Å². The van der Waals surface area contributed by atoms with E-state index in [2.05, 4.69) is 25.6 Å². The van der Waals surface area contributed by atoms with E-state index >= 15 is 0 Å². The van der Waals surface area contributed by atoms with Crippen LogP contribution in [-0.4, -0.2) is 32.0 Å². The minimum atomic E-state index is -4.49. The quantitative estimate of drug-likeness (QED) is 0.190. The van der Waals surface area contributed by atoms with E-state index in [0.29, 0.717) is 17.2 Å². The molecule has 5 rings (SSSR count). The number of rotatable bonds is 10. The lowest BCUT2D eigenvalue weighted by Gasteiger charge is -2.11. The first-order chi connectivity index (χ1) is 20.5. The molecule has 220 valence electrons. The lowest BCUT2D eigenvalue weighted by molar-refractivity contribution is -0.137. The van der Waals surface area contributed by atoms with E-state index in [1.54, 1.807) is 0 Å². The fourth-order valence-corrected chi connectivity index (χ4v) is 4.24. The Balaban J connectivity index is 1.31. The molecule has 1 atom stereocenters. The third-order valence-corrected chi connectivity index (χ3v) is 6.69. The van der Waals surface area contributed by atoms with Crippen molar-refractivity contribution in [2.75, 3.05) is 5.32 Å². The number of nitrogens with one attached hydrogen (secondary N) is 1. The number of amides is 1. The number of aryl methyl sites for hydroxylation is 2. The summed E-state index contributed by atoms with van der Waals surface area (Å²) in [6.45, 7) is 3.91. The van der Waals surface area contributed by atoms with Gasteiger partial charge in [-0.3, -0.25) is 9.59 Å². The summed E-state index contributed by atoms with van der Waals surface area (Å²) in [6.07, 6.45) is -4.98. The van der Waals surface area contributed by atoms with Crippen LogP contribution in [0.25, 0.3) is 22.8 Å². The Morgan fingerprint density at radius 1 is 0.767 bits per heavy atom. The standard InChI is InChI=1S/C31H26F3N5O4/c1-18-3-7-20(8-4-18)28-36-27(42-38-28)17-24(30-37-29(39-43-30)21-9-5-19(2)6-10-21)25(40)15-16-26(41)35-23-13-11-22(12-14-23)31(32,33)34/h3-14,24H,15-17H2,1-2H3,(H,35,41)/t24-/m0/s1. The van der Waals surface area contributed by atoms with Crippen molar-refractivity contribution in [2.45, 2.75) is 45.2 Å². The third kappa shape index (κ3) is 7.39. The van der Waals surface area contributed by atoms with E-state index in [0.717, 1.165) is 41.0 Å². The highest BCUT2D eigenvalue weighted by atomic mass is 19.4. The minimum Gasteiger partial charge on any atom is -0.339 e. The number of carbonyl (C=O) groups excluding carboxylic acids is 2. The van der Waals surface area contributed by atoms with Crippen molar-refractivity contribution < 1.29 is 31.8 Å². The van der Waals surface area contributed by atoms with Gasteiger partial charge in [0.25, 0.3) is 0 Å². The number of anilines is 1. The fraction of sp³-hybridized carbons (Fsp3) is 0.226. The SMILES string of the molecule is Cc1ccc(-c2noc(C[C@@H](C(=O)CCC(=O)Nc3ccc(C(F)(F)F)cc3)c3nc(-c4ccc(C)cc4)no3)n2)cc1. The second-order valence-electron chi connectivity index (χ2n) is 10.0. The summed E-state index contributed by atoms with van der Waals surface area (Å²) >= 11 is 0. The van der Waals surface area contributed by atoms with Crippen molar-refractivity contribution in [2.24, 2.45) is 0 Å². The largest absolute Gasteiger partial charge is 0.416 e. The van der Waals surface area contributed by atoms with Crippen LogP contribution in [0.15, 0.2) is 81.8 Å². The van der Waals surface area contributed by atoms with Gasteiger partial charge in [0.2, 0.25) is 29.3 Å². The number of hydrogen-bond acceptors (Lipinski definition) is 8. The number of hydrogen-bond donors (Lipinski definition) is 1. The van der Waals surface area contributed by atoms with Crippen LogP contribution in [0.3, 0.4) is 0 Å². The fourth-order valence-electron chi connectivity index (χ4n) is 4.24. The summed E-state index contributed by atoms with van der Waals surface area (Å²) in [5.41, 5.74) is 2.90. The van der Waals surface area contributed by atoms with Gasteiger partial charge in [-0.2, -0.15) is 23.1 Å². The highest BCUT2D eigenvalue weighted by Crippen LogP contribution is 2.30. The molecule has 0 fully saturated rings. The number of ketones is 1. The molecule has 2 heterocycles. The number of aromatic nitrogens is 4. The Bertz CT molecular complexity index is 1710. The highest BCUT2D eigenvalue weighted by Gasteiger charge is 2.31. The molecule has 0 spiro atoms. The van der Waals surface area contributed by atoms with E-state index in [1.165, 1.54) is 0 Å². The van der Waals surface area contributed by atoms with Gasteiger partial charge in [0.05, 0.1) is 5.56 Å². The average Bonchev–Trinajstić information content (AvgIpc) is 3.66. The average molecular weight is 590 g/mol. The van der Waals surface area contributed by atoms with Gasteiger partial charge in [0, 0.05) is 36.1 Å². The number of alkyl halides is 3. The molecule has 43 heavy (non-hydrogen) atoms. The first-order valence-electron chi connectivity index (χ1n) is 13.4. The summed E-state index contributed by atoms with van der Waals surface area (Å²) in [5.74, 6) is -1.09. The van der Waals surface area contributed by atoms with Crippen molar-refractivity contribution in [3.05, 3.63) is 101 Å². The van der Waals surface area contributed by atoms with Crippen LogP contribution in [0.5, 0.6) is 0 Å². The van der Waals surface area contributed by atoms with Crippen LogP contribution in [0.1, 0.15) is 47.2 Å². The molecule has 0 saturated carbocycles. The predicted octanol–water partition coefficient (Wildman–Crippen LogP) is 6.74. The zero-order valence-electron chi connectivity index (χ0n) is 23.2. The van der Waals surface area contributed by atoms with E-state index in [9.17, 15) is 22.8 Å². The summed E-state index contributed by atoms with van der Waals surface area (Å²) in [5, 5.41) is 10.6. The number of nitrogens with zero attached hydrogens (tertiary/aromatic N) is 4. The number of Topliss-reactive ketones (excluding diaryl/α,β-unsaturated/α-hetero) is 1. The van der Waals surface area contributed by atoms with Crippen LogP contribution >= 0.6 is 0 Å². The zero-order valence-corrected chi connectivity index (χ0v) is 23.2. The van der Waals surface area contributed by atoms with Crippen LogP contribution in [0, 0.1) is 13.8 Å². The van der Waals surface area contributed by atoms with Gasteiger partial charge in [-0.1, -0.05) is 70.0 Å². The van der Waals surface area contributed by atoms with Crippen molar-refractivity contribution >= 4 is 17.4 Å². The third-order valence-electron chi connectivity index (χ3n) is 6.69. The van der Waals surface area contributed by atoms with Gasteiger partial charge in [-0.15, -0.1) is 0 Å². The van der Waals surface area contributed by atoms with Crippen LogP contribution in [-0.2, 0) is 22.2 Å². The van der Waals surface area contributed by atoms with Crippen LogP contribution in [0.2, 0.25) is 0 Å². The highest BCUT2D eigenvalue weighted by molar-refractivity contribution is 5.94. The maximum atomic E-state index is 13.4. The monoisotopic (exact) mass is 589 g/mol. The van der Waals surface area contributed by atoms with Gasteiger partial charge in [-0.25, -0.2) is 0 Å². The Morgan fingerprint density at radius 2 is 1.33 bits per heavy atom. The second kappa shape index (κ2) is 12.4. The van der Waals surface area contributed by atoms with Gasteiger partial charge >= 0.3 is 6.18 Å². The summed E-state index contributed by atoms with van der Waals surface area (Å²) < 4.78 is 49.4. The van der Waals surface area contributed by atoms with Crippen molar-refractivity contribution in [3.63, 3.8) is 0 Å². The molecule has 0 unspecified atom stereocenters. The molecule has 3 aromatic carbocycles. The molecule has 9 nitrogen and oxygen atoms in total. The first-order valence-corrected chi connectivity index (χ1v) is 13.4. The maximum absolute atomic E-state index is 13.4. The topological polar surface area (TPSA) is 124 Å². The minimum absolute atomic E-state index is 0.0267. The molecule has 0 aliphatic carbocycles. The predicted molar refractivity (Wildman–Crippen MR) is 150 cm³/mol. The molecule has 5 aromatic rings. The van der Waals surface area contributed by atoms with Crippen LogP contribution < -0.4 is 5.32 Å². The zero-order chi connectivity index (χ0) is 30.6.